The second-order valence-corrected chi connectivity index (χ2v) is 3.52. The first kappa shape index (κ1) is 9.67. The number of aliphatic hydroxyl groups is 1. The first-order valence-corrected chi connectivity index (χ1v) is 4.59. The number of rotatable bonds is 4. The Morgan fingerprint density at radius 2 is 2.50 bits per heavy atom. The molecule has 68 valence electrons. The van der Waals surface area contributed by atoms with Gasteiger partial charge in [-0.15, -0.1) is 11.3 Å². The molecule has 1 rings (SSSR count). The fourth-order valence-electron chi connectivity index (χ4n) is 1.08. The van der Waals surface area contributed by atoms with Crippen LogP contribution in [0.4, 0.5) is 0 Å². The Bertz CT molecular complexity index is 237. The van der Waals surface area contributed by atoms with Crippen LogP contribution in [0.1, 0.15) is 16.5 Å². The summed E-state index contributed by atoms with van der Waals surface area (Å²) in [5.74, 6) is 0. The predicted molar refractivity (Wildman–Crippen MR) is 49.0 cm³/mol. The van der Waals surface area contributed by atoms with Crippen molar-refractivity contribution in [1.82, 2.24) is 0 Å². The third kappa shape index (κ3) is 2.04. The standard InChI is InChI=1S/C8H13NO2S/c1-11-5-7(9)6-2-3-12-8(6)4-10/h2-3,7,10H,4-5,9H2,1H3. The van der Waals surface area contributed by atoms with Crippen molar-refractivity contribution < 1.29 is 9.84 Å². The van der Waals surface area contributed by atoms with E-state index in [2.05, 4.69) is 0 Å². The van der Waals surface area contributed by atoms with Crippen LogP contribution in [0.25, 0.3) is 0 Å². The maximum absolute atomic E-state index is 8.94. The second-order valence-electron chi connectivity index (χ2n) is 2.52. The number of hydrogen-bond acceptors (Lipinski definition) is 4. The summed E-state index contributed by atoms with van der Waals surface area (Å²) < 4.78 is 4.92. The lowest BCUT2D eigenvalue weighted by molar-refractivity contribution is 0.180. The van der Waals surface area contributed by atoms with Crippen molar-refractivity contribution in [2.75, 3.05) is 13.7 Å². The van der Waals surface area contributed by atoms with Gasteiger partial charge in [0.1, 0.15) is 0 Å². The summed E-state index contributed by atoms with van der Waals surface area (Å²) in [5, 5.41) is 10.9. The fraction of sp³-hybridized carbons (Fsp3) is 0.500. The van der Waals surface area contributed by atoms with E-state index in [-0.39, 0.29) is 12.6 Å². The molecular weight excluding hydrogens is 174 g/mol. The van der Waals surface area contributed by atoms with Crippen molar-refractivity contribution in [3.63, 3.8) is 0 Å². The van der Waals surface area contributed by atoms with Crippen molar-refractivity contribution in [3.8, 4) is 0 Å². The zero-order chi connectivity index (χ0) is 8.97. The minimum atomic E-state index is -0.122. The number of thiophene rings is 1. The molecule has 1 atom stereocenters. The van der Waals surface area contributed by atoms with Crippen LogP contribution >= 0.6 is 11.3 Å². The molecule has 1 unspecified atom stereocenters. The van der Waals surface area contributed by atoms with E-state index in [1.165, 1.54) is 11.3 Å². The van der Waals surface area contributed by atoms with E-state index in [4.69, 9.17) is 15.6 Å². The van der Waals surface area contributed by atoms with E-state index in [9.17, 15) is 0 Å². The van der Waals surface area contributed by atoms with Gasteiger partial charge in [0.15, 0.2) is 0 Å². The smallest absolute Gasteiger partial charge is 0.0777 e. The topological polar surface area (TPSA) is 55.5 Å². The zero-order valence-corrected chi connectivity index (χ0v) is 7.80. The van der Waals surface area contributed by atoms with Gasteiger partial charge in [0, 0.05) is 12.0 Å². The van der Waals surface area contributed by atoms with Crippen LogP contribution in [0.15, 0.2) is 11.4 Å². The van der Waals surface area contributed by atoms with E-state index in [1.54, 1.807) is 7.11 Å². The molecular formula is C8H13NO2S. The summed E-state index contributed by atoms with van der Waals surface area (Å²) in [4.78, 5) is 0.930. The van der Waals surface area contributed by atoms with Crippen LogP contribution in [-0.4, -0.2) is 18.8 Å². The molecule has 1 aromatic heterocycles. The number of methoxy groups -OCH3 is 1. The summed E-state index contributed by atoms with van der Waals surface area (Å²) >= 11 is 1.52. The van der Waals surface area contributed by atoms with E-state index in [1.807, 2.05) is 11.4 Å². The summed E-state index contributed by atoms with van der Waals surface area (Å²) in [7, 11) is 1.62. The lowest BCUT2D eigenvalue weighted by atomic mass is 10.1. The predicted octanol–water partition coefficient (Wildman–Crippen LogP) is 0.887. The molecule has 0 aliphatic heterocycles. The minimum Gasteiger partial charge on any atom is -0.391 e. The lowest BCUT2D eigenvalue weighted by Crippen LogP contribution is -2.16. The third-order valence-electron chi connectivity index (χ3n) is 1.67. The van der Waals surface area contributed by atoms with Gasteiger partial charge in [-0.2, -0.15) is 0 Å². The molecule has 0 radical (unpaired) electrons. The molecule has 0 bridgehead atoms. The Kier molecular flexibility index (Phi) is 3.68. The van der Waals surface area contributed by atoms with Crippen molar-refractivity contribution in [1.29, 1.82) is 0 Å². The quantitative estimate of drug-likeness (QED) is 0.736. The van der Waals surface area contributed by atoms with Gasteiger partial charge in [-0.1, -0.05) is 0 Å². The molecule has 1 heterocycles. The summed E-state index contributed by atoms with van der Waals surface area (Å²) in [6.07, 6.45) is 0. The van der Waals surface area contributed by atoms with Crippen LogP contribution in [-0.2, 0) is 11.3 Å². The molecule has 0 spiro atoms. The molecule has 3 N–H and O–H groups in total. The Morgan fingerprint density at radius 3 is 3.08 bits per heavy atom. The van der Waals surface area contributed by atoms with Crippen molar-refractivity contribution in [2.45, 2.75) is 12.6 Å². The Labute approximate surface area is 75.8 Å². The molecule has 0 fully saturated rings. The third-order valence-corrected chi connectivity index (χ3v) is 2.59. The van der Waals surface area contributed by atoms with Crippen LogP contribution in [0.2, 0.25) is 0 Å². The molecule has 12 heavy (non-hydrogen) atoms. The number of nitrogens with two attached hydrogens (primary N) is 1. The fourth-order valence-corrected chi connectivity index (χ4v) is 1.89. The van der Waals surface area contributed by atoms with Crippen LogP contribution in [0.3, 0.4) is 0 Å². The van der Waals surface area contributed by atoms with Crippen molar-refractivity contribution >= 4 is 11.3 Å². The van der Waals surface area contributed by atoms with E-state index in [0.29, 0.717) is 6.61 Å². The van der Waals surface area contributed by atoms with Crippen LogP contribution in [0.5, 0.6) is 0 Å². The number of aliphatic hydroxyl groups excluding tert-OH is 1. The van der Waals surface area contributed by atoms with Gasteiger partial charge in [0.05, 0.1) is 19.3 Å². The van der Waals surface area contributed by atoms with Gasteiger partial charge in [-0.3, -0.25) is 0 Å². The van der Waals surface area contributed by atoms with Gasteiger partial charge in [0.2, 0.25) is 0 Å². The molecule has 0 saturated carbocycles. The Morgan fingerprint density at radius 1 is 1.75 bits per heavy atom. The molecule has 1 aromatic rings. The second kappa shape index (κ2) is 4.57. The van der Waals surface area contributed by atoms with Gasteiger partial charge >= 0.3 is 0 Å². The maximum Gasteiger partial charge on any atom is 0.0777 e. The molecule has 4 heteroatoms. The average molecular weight is 187 g/mol. The highest BCUT2D eigenvalue weighted by molar-refractivity contribution is 7.10. The Hall–Kier alpha value is -0.420. The number of ether oxygens (including phenoxy) is 1. The first-order chi connectivity index (χ1) is 5.79. The largest absolute Gasteiger partial charge is 0.391 e. The van der Waals surface area contributed by atoms with E-state index < -0.39 is 0 Å². The highest BCUT2D eigenvalue weighted by Crippen LogP contribution is 2.22. The van der Waals surface area contributed by atoms with Gasteiger partial charge in [-0.05, 0) is 17.0 Å². The monoisotopic (exact) mass is 187 g/mol. The highest BCUT2D eigenvalue weighted by Gasteiger charge is 2.10. The summed E-state index contributed by atoms with van der Waals surface area (Å²) in [6, 6.07) is 1.81. The SMILES string of the molecule is COCC(N)c1ccsc1CO. The summed E-state index contributed by atoms with van der Waals surface area (Å²) in [6.45, 7) is 0.550. The lowest BCUT2D eigenvalue weighted by Gasteiger charge is -2.09. The molecule has 3 nitrogen and oxygen atoms in total. The van der Waals surface area contributed by atoms with E-state index in [0.717, 1.165) is 10.4 Å². The molecule has 0 aliphatic carbocycles. The van der Waals surface area contributed by atoms with Crippen molar-refractivity contribution in [2.24, 2.45) is 5.73 Å². The van der Waals surface area contributed by atoms with Gasteiger partial charge in [0.25, 0.3) is 0 Å². The van der Waals surface area contributed by atoms with Gasteiger partial charge in [-0.25, -0.2) is 0 Å². The first-order valence-electron chi connectivity index (χ1n) is 3.71. The average Bonchev–Trinajstić information content (AvgIpc) is 2.51. The normalized spacial score (nSPS) is 13.2. The van der Waals surface area contributed by atoms with Crippen LogP contribution in [0, 0.1) is 0 Å². The maximum atomic E-state index is 8.94. The minimum absolute atomic E-state index is 0.0599. The molecule has 0 aromatic carbocycles. The molecule has 0 saturated heterocycles. The highest BCUT2D eigenvalue weighted by atomic mass is 32.1. The Balaban J connectivity index is 2.71. The molecule has 0 aliphatic rings. The zero-order valence-electron chi connectivity index (χ0n) is 6.99. The van der Waals surface area contributed by atoms with E-state index >= 15 is 0 Å². The number of hydrogen-bond donors (Lipinski definition) is 2. The van der Waals surface area contributed by atoms with Crippen LogP contribution < -0.4 is 5.73 Å². The molecule has 0 amide bonds. The summed E-state index contributed by atoms with van der Waals surface area (Å²) in [5.41, 5.74) is 6.79. The van der Waals surface area contributed by atoms with Crippen molar-refractivity contribution in [3.05, 3.63) is 21.9 Å². The van der Waals surface area contributed by atoms with Gasteiger partial charge < -0.3 is 15.6 Å².